The quantitative estimate of drug-likeness (QED) is 0.843. The van der Waals surface area contributed by atoms with Crippen LogP contribution in [0.15, 0.2) is 0 Å². The first-order valence-electron chi connectivity index (χ1n) is 7.21. The van der Waals surface area contributed by atoms with Gasteiger partial charge in [-0.15, -0.1) is 0 Å². The lowest BCUT2D eigenvalue weighted by molar-refractivity contribution is 0.0979. The third kappa shape index (κ3) is 3.69. The Morgan fingerprint density at radius 1 is 1.35 bits per heavy atom. The summed E-state index contributed by atoms with van der Waals surface area (Å²) < 4.78 is 10.9. The van der Waals surface area contributed by atoms with Crippen LogP contribution in [0.4, 0.5) is 11.9 Å². The van der Waals surface area contributed by atoms with Crippen LogP contribution in [-0.2, 0) is 4.74 Å². The number of hydrogen-bond acceptors (Lipinski definition) is 7. The van der Waals surface area contributed by atoms with Crippen molar-refractivity contribution in [3.63, 3.8) is 0 Å². The van der Waals surface area contributed by atoms with Crippen LogP contribution in [-0.4, -0.2) is 53.9 Å². The van der Waals surface area contributed by atoms with Crippen molar-refractivity contribution in [3.05, 3.63) is 0 Å². The zero-order chi connectivity index (χ0) is 14.4. The van der Waals surface area contributed by atoms with Gasteiger partial charge in [0, 0.05) is 13.1 Å². The highest BCUT2D eigenvalue weighted by Crippen LogP contribution is 2.19. The molecule has 1 aliphatic rings. The van der Waals surface area contributed by atoms with Crippen molar-refractivity contribution in [2.24, 2.45) is 0 Å². The van der Waals surface area contributed by atoms with Gasteiger partial charge in [0.25, 0.3) is 0 Å². The second-order valence-electron chi connectivity index (χ2n) is 4.72. The Balaban J connectivity index is 2.22. The first-order valence-corrected chi connectivity index (χ1v) is 7.21. The van der Waals surface area contributed by atoms with Crippen molar-refractivity contribution in [3.8, 4) is 6.01 Å². The lowest BCUT2D eigenvalue weighted by atomic mass is 10.3. The minimum absolute atomic E-state index is 0.250. The topological polar surface area (TPSA) is 72.4 Å². The molecule has 0 spiro atoms. The Hall–Kier alpha value is -1.63. The largest absolute Gasteiger partial charge is 0.464 e. The van der Waals surface area contributed by atoms with E-state index in [1.54, 1.807) is 0 Å². The standard InChI is InChI=1S/C13H23N5O2/c1-4-6-14-11-15-12(17-13(16-11)20-5-2)18-7-8-19-9-10(18)3/h10H,4-9H2,1-3H3,(H,14,15,16,17). The average molecular weight is 281 g/mol. The molecule has 0 radical (unpaired) electrons. The van der Waals surface area contributed by atoms with E-state index in [1.165, 1.54) is 0 Å². The van der Waals surface area contributed by atoms with Crippen molar-refractivity contribution in [2.45, 2.75) is 33.2 Å². The summed E-state index contributed by atoms with van der Waals surface area (Å²) in [7, 11) is 0. The minimum atomic E-state index is 0.250. The van der Waals surface area contributed by atoms with E-state index in [4.69, 9.17) is 9.47 Å². The summed E-state index contributed by atoms with van der Waals surface area (Å²) in [6.07, 6.45) is 1.01. The summed E-state index contributed by atoms with van der Waals surface area (Å²) in [5, 5.41) is 3.19. The fraction of sp³-hybridized carbons (Fsp3) is 0.769. The molecule has 7 nitrogen and oxygen atoms in total. The van der Waals surface area contributed by atoms with Crippen LogP contribution in [0.3, 0.4) is 0 Å². The predicted molar refractivity (Wildman–Crippen MR) is 77.4 cm³/mol. The van der Waals surface area contributed by atoms with Crippen molar-refractivity contribution >= 4 is 11.9 Å². The van der Waals surface area contributed by atoms with Crippen LogP contribution < -0.4 is 15.0 Å². The van der Waals surface area contributed by atoms with Crippen molar-refractivity contribution in [1.29, 1.82) is 0 Å². The molecule has 0 saturated carbocycles. The number of morpholine rings is 1. The van der Waals surface area contributed by atoms with E-state index < -0.39 is 0 Å². The maximum Gasteiger partial charge on any atom is 0.323 e. The molecule has 0 aliphatic carbocycles. The summed E-state index contributed by atoms with van der Waals surface area (Å²) in [4.78, 5) is 15.3. The lowest BCUT2D eigenvalue weighted by Crippen LogP contribution is -2.44. The lowest BCUT2D eigenvalue weighted by Gasteiger charge is -2.33. The van der Waals surface area contributed by atoms with Crippen LogP contribution in [0.5, 0.6) is 6.01 Å². The van der Waals surface area contributed by atoms with Gasteiger partial charge >= 0.3 is 6.01 Å². The van der Waals surface area contributed by atoms with Crippen LogP contribution in [0.2, 0.25) is 0 Å². The third-order valence-electron chi connectivity index (χ3n) is 3.03. The maximum atomic E-state index is 5.45. The summed E-state index contributed by atoms with van der Waals surface area (Å²) in [5.41, 5.74) is 0. The van der Waals surface area contributed by atoms with Gasteiger partial charge in [0.1, 0.15) is 0 Å². The van der Waals surface area contributed by atoms with Crippen LogP contribution in [0, 0.1) is 0 Å². The molecule has 1 fully saturated rings. The summed E-state index contributed by atoms with van der Waals surface area (Å²) in [6, 6.07) is 0.620. The molecular weight excluding hydrogens is 258 g/mol. The normalized spacial score (nSPS) is 18.9. The molecule has 1 atom stereocenters. The molecule has 112 valence electrons. The zero-order valence-corrected chi connectivity index (χ0v) is 12.4. The van der Waals surface area contributed by atoms with E-state index in [0.717, 1.165) is 19.5 Å². The molecule has 0 bridgehead atoms. The molecule has 20 heavy (non-hydrogen) atoms. The Labute approximate surface area is 119 Å². The van der Waals surface area contributed by atoms with Gasteiger partial charge < -0.3 is 19.7 Å². The molecule has 0 aromatic carbocycles. The monoisotopic (exact) mass is 281 g/mol. The fourth-order valence-electron chi connectivity index (χ4n) is 2.01. The van der Waals surface area contributed by atoms with Crippen molar-refractivity contribution < 1.29 is 9.47 Å². The second-order valence-corrected chi connectivity index (χ2v) is 4.72. The fourth-order valence-corrected chi connectivity index (χ4v) is 2.01. The van der Waals surface area contributed by atoms with Crippen LogP contribution >= 0.6 is 0 Å². The summed E-state index contributed by atoms with van der Waals surface area (Å²) in [6.45, 7) is 9.64. The van der Waals surface area contributed by atoms with Crippen LogP contribution in [0.25, 0.3) is 0 Å². The molecule has 1 unspecified atom stereocenters. The van der Waals surface area contributed by atoms with Gasteiger partial charge in [0.05, 0.1) is 25.9 Å². The predicted octanol–water partition coefficient (Wildman–Crippen LogP) is 1.32. The molecule has 1 N–H and O–H groups in total. The molecule has 2 heterocycles. The van der Waals surface area contributed by atoms with E-state index in [1.807, 2.05) is 6.92 Å². The average Bonchev–Trinajstić information content (AvgIpc) is 2.46. The van der Waals surface area contributed by atoms with E-state index in [-0.39, 0.29) is 6.04 Å². The van der Waals surface area contributed by atoms with E-state index in [0.29, 0.717) is 37.7 Å². The van der Waals surface area contributed by atoms with E-state index in [2.05, 4.69) is 39.0 Å². The highest BCUT2D eigenvalue weighted by molar-refractivity contribution is 5.39. The number of ether oxygens (including phenoxy) is 2. The smallest absolute Gasteiger partial charge is 0.323 e. The molecule has 0 amide bonds. The van der Waals surface area contributed by atoms with Crippen molar-refractivity contribution in [2.75, 3.05) is 43.1 Å². The first kappa shape index (κ1) is 14.8. The second kappa shape index (κ2) is 7.23. The highest BCUT2D eigenvalue weighted by atomic mass is 16.5. The van der Waals surface area contributed by atoms with Crippen molar-refractivity contribution in [1.82, 2.24) is 15.0 Å². The number of rotatable bonds is 6. The summed E-state index contributed by atoms with van der Waals surface area (Å²) >= 11 is 0. The van der Waals surface area contributed by atoms with Gasteiger partial charge in [0.2, 0.25) is 11.9 Å². The molecule has 2 rings (SSSR count). The van der Waals surface area contributed by atoms with Gasteiger partial charge in [0.15, 0.2) is 0 Å². The molecule has 7 heteroatoms. The number of anilines is 2. The molecule has 1 aliphatic heterocycles. The third-order valence-corrected chi connectivity index (χ3v) is 3.03. The number of nitrogens with zero attached hydrogens (tertiary/aromatic N) is 4. The van der Waals surface area contributed by atoms with Crippen LogP contribution in [0.1, 0.15) is 27.2 Å². The first-order chi connectivity index (χ1) is 9.74. The molecule has 1 aromatic heterocycles. The van der Waals surface area contributed by atoms with Gasteiger partial charge in [-0.1, -0.05) is 6.92 Å². The van der Waals surface area contributed by atoms with Gasteiger partial charge in [-0.2, -0.15) is 15.0 Å². The Morgan fingerprint density at radius 2 is 2.20 bits per heavy atom. The van der Waals surface area contributed by atoms with E-state index in [9.17, 15) is 0 Å². The highest BCUT2D eigenvalue weighted by Gasteiger charge is 2.23. The Morgan fingerprint density at radius 3 is 2.90 bits per heavy atom. The SMILES string of the molecule is CCCNc1nc(OCC)nc(N2CCOCC2C)n1. The number of aromatic nitrogens is 3. The van der Waals surface area contributed by atoms with E-state index >= 15 is 0 Å². The zero-order valence-electron chi connectivity index (χ0n) is 12.4. The van der Waals surface area contributed by atoms with Gasteiger partial charge in [-0.3, -0.25) is 0 Å². The molecular formula is C13H23N5O2. The Bertz CT molecular complexity index is 429. The molecule has 1 saturated heterocycles. The molecule has 1 aromatic rings. The van der Waals surface area contributed by atoms with Gasteiger partial charge in [-0.05, 0) is 20.3 Å². The Kier molecular flexibility index (Phi) is 5.34. The maximum absolute atomic E-state index is 5.45. The number of hydrogen-bond donors (Lipinski definition) is 1. The van der Waals surface area contributed by atoms with Gasteiger partial charge in [-0.25, -0.2) is 0 Å². The summed E-state index contributed by atoms with van der Waals surface area (Å²) in [5.74, 6) is 1.22. The number of nitrogens with one attached hydrogen (secondary N) is 1. The minimum Gasteiger partial charge on any atom is -0.464 e.